The van der Waals surface area contributed by atoms with Crippen LogP contribution >= 0.6 is 0 Å². The van der Waals surface area contributed by atoms with Crippen molar-refractivity contribution in [2.45, 2.75) is 78.6 Å². The van der Waals surface area contributed by atoms with Crippen molar-refractivity contribution in [3.8, 4) is 22.4 Å². The molecule has 5 aromatic rings. The number of β-amino-alcohol motifs (C(OH)–C–C–N with tert-alkyl or cyclic N) is 1. The number of nitrogens with one attached hydrogen (secondary N) is 1. The highest BCUT2D eigenvalue weighted by Gasteiger charge is 2.23. The van der Waals surface area contributed by atoms with Crippen LogP contribution in [0.5, 0.6) is 0 Å². The molecule has 0 spiro atoms. The van der Waals surface area contributed by atoms with Gasteiger partial charge in [-0.25, -0.2) is 4.98 Å². The molecule has 6 rings (SSSR count). The molecule has 1 amide bonds. The van der Waals surface area contributed by atoms with Gasteiger partial charge in [-0.05, 0) is 73.8 Å². The number of carbonyl (C=O) groups excluding carboxylic acids is 1. The lowest BCUT2D eigenvalue weighted by atomic mass is 9.96. The van der Waals surface area contributed by atoms with Crippen LogP contribution in [-0.2, 0) is 17.6 Å². The van der Waals surface area contributed by atoms with Crippen molar-refractivity contribution in [2.24, 2.45) is 5.92 Å². The largest absolute Gasteiger partial charge is 0.395 e. The topological polar surface area (TPSA) is 86.0 Å². The zero-order valence-electron chi connectivity index (χ0n) is 32.2. The minimum absolute atomic E-state index is 0.113. The molecule has 280 valence electrons. The molecular weight excluding hydrogens is 657 g/mol. The van der Waals surface area contributed by atoms with Crippen LogP contribution in [0.3, 0.4) is 0 Å². The first-order valence-electron chi connectivity index (χ1n) is 19.8. The molecule has 53 heavy (non-hydrogen) atoms. The molecule has 0 bridgehead atoms. The van der Waals surface area contributed by atoms with Crippen LogP contribution in [0.15, 0.2) is 84.9 Å². The van der Waals surface area contributed by atoms with E-state index in [0.29, 0.717) is 12.5 Å². The molecule has 1 atom stereocenters. The number of hydrogen-bond donors (Lipinski definition) is 2. The van der Waals surface area contributed by atoms with Gasteiger partial charge in [0.15, 0.2) is 5.65 Å². The lowest BCUT2D eigenvalue weighted by molar-refractivity contribution is -0.122. The Balaban J connectivity index is 1.04. The third-order valence-electron chi connectivity index (χ3n) is 10.6. The predicted molar refractivity (Wildman–Crippen MR) is 218 cm³/mol. The Morgan fingerprint density at radius 2 is 1.53 bits per heavy atom. The number of carbonyl (C=O) groups is 1. The SMILES string of the molecule is Cc1nn2c(N3CCN(CCO)CC3)cc(-c3cccc(CCCCCCCNC(=O)[C@H](C)c4ccc(CC(C)C)cc4)c3)nc2c1-c1ccccc1. The van der Waals surface area contributed by atoms with Crippen molar-refractivity contribution in [2.75, 3.05) is 50.8 Å². The van der Waals surface area contributed by atoms with Crippen LogP contribution in [0.4, 0.5) is 5.82 Å². The number of anilines is 1. The van der Waals surface area contributed by atoms with Crippen molar-refractivity contribution in [1.29, 1.82) is 0 Å². The van der Waals surface area contributed by atoms with E-state index >= 15 is 0 Å². The van der Waals surface area contributed by atoms with Crippen LogP contribution in [0, 0.1) is 12.8 Å². The van der Waals surface area contributed by atoms with Gasteiger partial charge in [0.05, 0.1) is 23.9 Å². The molecule has 1 fully saturated rings. The van der Waals surface area contributed by atoms with Gasteiger partial charge in [-0.2, -0.15) is 9.61 Å². The number of piperazine rings is 1. The Morgan fingerprint density at radius 1 is 0.811 bits per heavy atom. The number of aromatic nitrogens is 3. The van der Waals surface area contributed by atoms with Crippen molar-refractivity contribution < 1.29 is 9.90 Å². The standard InChI is InChI=1S/C45H58N6O2/c1-33(2)30-37-19-21-38(22-20-37)34(3)45(53)46-23-12-7-5-6-9-14-36-15-13-18-40(31-36)41-32-42(50-26-24-49(25-27-50)28-29-52)51-44(47-41)43(35(4)48-51)39-16-10-8-11-17-39/h8,10-11,13,15-22,31-34,52H,5-7,9,12,14,23-30H2,1-4H3,(H,46,53)/t34-/m1/s1. The molecule has 2 N–H and O–H groups in total. The molecule has 0 unspecified atom stereocenters. The maximum Gasteiger partial charge on any atom is 0.227 e. The third kappa shape index (κ3) is 9.92. The summed E-state index contributed by atoms with van der Waals surface area (Å²) in [6.45, 7) is 13.7. The molecule has 8 nitrogen and oxygen atoms in total. The van der Waals surface area contributed by atoms with Crippen molar-refractivity contribution >= 4 is 17.4 Å². The monoisotopic (exact) mass is 714 g/mol. The molecule has 3 heterocycles. The molecule has 1 aliphatic rings. The van der Waals surface area contributed by atoms with Gasteiger partial charge < -0.3 is 15.3 Å². The van der Waals surface area contributed by atoms with E-state index in [1.165, 1.54) is 24.0 Å². The van der Waals surface area contributed by atoms with E-state index in [9.17, 15) is 9.90 Å². The average Bonchev–Trinajstić information content (AvgIpc) is 3.51. The van der Waals surface area contributed by atoms with Gasteiger partial charge >= 0.3 is 0 Å². The summed E-state index contributed by atoms with van der Waals surface area (Å²) < 4.78 is 2.03. The van der Waals surface area contributed by atoms with E-state index in [1.807, 2.05) is 17.5 Å². The number of amides is 1. The van der Waals surface area contributed by atoms with Gasteiger partial charge in [-0.1, -0.05) is 106 Å². The summed E-state index contributed by atoms with van der Waals surface area (Å²) in [4.78, 5) is 22.8. The number of fused-ring (bicyclic) bond motifs is 1. The highest BCUT2D eigenvalue weighted by molar-refractivity contribution is 5.84. The first-order chi connectivity index (χ1) is 25.8. The minimum atomic E-state index is -0.134. The average molecular weight is 715 g/mol. The van der Waals surface area contributed by atoms with Gasteiger partial charge in [-0.3, -0.25) is 9.69 Å². The molecular formula is C45H58N6O2. The quantitative estimate of drug-likeness (QED) is 0.0948. The fourth-order valence-corrected chi connectivity index (χ4v) is 7.57. The highest BCUT2D eigenvalue weighted by atomic mass is 16.3. The summed E-state index contributed by atoms with van der Waals surface area (Å²) in [6, 6.07) is 30.1. The lowest BCUT2D eigenvalue weighted by Gasteiger charge is -2.35. The molecule has 0 radical (unpaired) electrons. The van der Waals surface area contributed by atoms with E-state index < -0.39 is 0 Å². The first-order valence-corrected chi connectivity index (χ1v) is 19.8. The fraction of sp³-hybridized carbons (Fsp3) is 0.444. The normalized spacial score (nSPS) is 14.3. The highest BCUT2D eigenvalue weighted by Crippen LogP contribution is 2.33. The number of hydrogen-bond acceptors (Lipinski definition) is 6. The summed E-state index contributed by atoms with van der Waals surface area (Å²) >= 11 is 0. The summed E-state index contributed by atoms with van der Waals surface area (Å²) in [7, 11) is 0. The fourth-order valence-electron chi connectivity index (χ4n) is 7.57. The Hall–Kier alpha value is -4.53. The second-order valence-electron chi connectivity index (χ2n) is 15.2. The molecule has 2 aromatic heterocycles. The van der Waals surface area contributed by atoms with Crippen LogP contribution in [-0.4, -0.2) is 76.4 Å². The van der Waals surface area contributed by atoms with Crippen molar-refractivity contribution in [3.63, 3.8) is 0 Å². The molecule has 1 saturated heterocycles. The number of aryl methyl sites for hydroxylation is 2. The smallest absolute Gasteiger partial charge is 0.227 e. The third-order valence-corrected chi connectivity index (χ3v) is 10.6. The Bertz CT molecular complexity index is 1910. The Morgan fingerprint density at radius 3 is 2.26 bits per heavy atom. The second-order valence-corrected chi connectivity index (χ2v) is 15.2. The lowest BCUT2D eigenvalue weighted by Crippen LogP contribution is -2.47. The zero-order valence-corrected chi connectivity index (χ0v) is 32.2. The second kappa shape index (κ2) is 18.5. The minimum Gasteiger partial charge on any atom is -0.395 e. The van der Waals surface area contributed by atoms with Gasteiger partial charge in [0.25, 0.3) is 0 Å². The van der Waals surface area contributed by atoms with E-state index in [0.717, 1.165) is 110 Å². The molecule has 0 saturated carbocycles. The molecule has 0 aliphatic carbocycles. The van der Waals surface area contributed by atoms with Gasteiger partial charge in [0.1, 0.15) is 5.82 Å². The van der Waals surface area contributed by atoms with Crippen LogP contribution in [0.2, 0.25) is 0 Å². The predicted octanol–water partition coefficient (Wildman–Crippen LogP) is 8.10. The number of nitrogens with zero attached hydrogens (tertiary/aromatic N) is 5. The molecule has 1 aliphatic heterocycles. The van der Waals surface area contributed by atoms with Crippen LogP contribution in [0.25, 0.3) is 28.0 Å². The Kier molecular flexibility index (Phi) is 13.3. The number of aliphatic hydroxyl groups is 1. The number of aliphatic hydroxyl groups excluding tert-OH is 1. The van der Waals surface area contributed by atoms with Gasteiger partial charge in [0, 0.05) is 56.5 Å². The summed E-state index contributed by atoms with van der Waals surface area (Å²) in [6.07, 6.45) is 7.69. The van der Waals surface area contributed by atoms with E-state index in [-0.39, 0.29) is 18.4 Å². The van der Waals surface area contributed by atoms with Crippen molar-refractivity contribution in [3.05, 3.63) is 107 Å². The first kappa shape index (κ1) is 38.2. The number of benzene rings is 3. The number of rotatable bonds is 17. The summed E-state index contributed by atoms with van der Waals surface area (Å²) in [5, 5.41) is 17.7. The van der Waals surface area contributed by atoms with E-state index in [2.05, 4.69) is 115 Å². The van der Waals surface area contributed by atoms with Gasteiger partial charge in [-0.15, -0.1) is 0 Å². The molecule has 8 heteroatoms. The summed E-state index contributed by atoms with van der Waals surface area (Å²) in [5.74, 6) is 1.67. The Labute approximate surface area is 316 Å². The summed E-state index contributed by atoms with van der Waals surface area (Å²) in [5.41, 5.74) is 9.87. The maximum atomic E-state index is 12.8. The molecule has 3 aromatic carbocycles. The van der Waals surface area contributed by atoms with Gasteiger partial charge in [0.2, 0.25) is 5.91 Å². The maximum absolute atomic E-state index is 12.8. The zero-order chi connectivity index (χ0) is 37.2. The van der Waals surface area contributed by atoms with E-state index in [4.69, 9.17) is 10.1 Å². The van der Waals surface area contributed by atoms with Crippen molar-refractivity contribution in [1.82, 2.24) is 24.8 Å². The van der Waals surface area contributed by atoms with Crippen LogP contribution in [0.1, 0.15) is 81.2 Å². The van der Waals surface area contributed by atoms with Crippen LogP contribution < -0.4 is 10.2 Å². The number of unbranched alkanes of at least 4 members (excludes halogenated alkanes) is 4. The van der Waals surface area contributed by atoms with E-state index in [1.54, 1.807) is 0 Å².